The molecule has 4 rings (SSSR count). The molecule has 1 atom stereocenters. The van der Waals surface area contributed by atoms with Gasteiger partial charge in [-0.3, -0.25) is 0 Å². The number of para-hydroxylation sites is 1. The summed E-state index contributed by atoms with van der Waals surface area (Å²) < 4.78 is 34.9. The van der Waals surface area contributed by atoms with E-state index in [9.17, 15) is 8.42 Å². The summed E-state index contributed by atoms with van der Waals surface area (Å²) in [5.41, 5.74) is 2.61. The molecule has 2 heterocycles. The second-order valence-electron chi connectivity index (χ2n) is 6.39. The van der Waals surface area contributed by atoms with Crippen molar-refractivity contribution in [3.63, 3.8) is 0 Å². The summed E-state index contributed by atoms with van der Waals surface area (Å²) in [6, 6.07) is 12.5. The number of hydrogen-bond acceptors (Lipinski definition) is 5. The average molecular weight is 358 g/mol. The maximum absolute atomic E-state index is 11.5. The summed E-state index contributed by atoms with van der Waals surface area (Å²) in [4.78, 5) is 0.00549. The molecule has 0 bridgehead atoms. The first-order valence-electron chi connectivity index (χ1n) is 7.88. The van der Waals surface area contributed by atoms with Crippen LogP contribution in [-0.2, 0) is 10.0 Å². The third kappa shape index (κ3) is 2.85. The molecule has 7 heteroatoms. The van der Waals surface area contributed by atoms with Crippen LogP contribution in [0.1, 0.15) is 12.5 Å². The quantitative estimate of drug-likeness (QED) is 0.860. The van der Waals surface area contributed by atoms with Gasteiger partial charge in [-0.25, -0.2) is 13.6 Å². The first-order chi connectivity index (χ1) is 11.9. The van der Waals surface area contributed by atoms with Gasteiger partial charge < -0.3 is 14.8 Å². The number of ether oxygens (including phenoxy) is 2. The van der Waals surface area contributed by atoms with E-state index in [1.807, 2.05) is 31.2 Å². The molecular formula is C18H18N2O4S. The fourth-order valence-corrected chi connectivity index (χ4v) is 3.59. The number of benzene rings is 2. The molecule has 0 saturated carbocycles. The molecule has 1 unspecified atom stereocenters. The zero-order chi connectivity index (χ0) is 17.7. The molecule has 2 aromatic carbocycles. The minimum Gasteiger partial charge on any atom is -0.485 e. The number of nitrogens with one attached hydrogen (secondary N) is 1. The Morgan fingerprint density at radius 1 is 1.16 bits per heavy atom. The third-order valence-corrected chi connectivity index (χ3v) is 5.43. The van der Waals surface area contributed by atoms with Crippen molar-refractivity contribution in [1.82, 2.24) is 0 Å². The van der Waals surface area contributed by atoms with Crippen LogP contribution >= 0.6 is 0 Å². The fourth-order valence-electron chi connectivity index (χ4n) is 3.06. The molecule has 2 aliphatic rings. The van der Waals surface area contributed by atoms with Crippen molar-refractivity contribution in [3.8, 4) is 11.5 Å². The summed E-state index contributed by atoms with van der Waals surface area (Å²) in [5.74, 6) is 0.884. The third-order valence-electron chi connectivity index (χ3n) is 4.52. The predicted molar refractivity (Wildman–Crippen MR) is 95.3 cm³/mol. The second kappa shape index (κ2) is 5.50. The Balaban J connectivity index is 1.67. The molecule has 2 aliphatic heterocycles. The van der Waals surface area contributed by atoms with Crippen molar-refractivity contribution in [2.24, 2.45) is 5.14 Å². The van der Waals surface area contributed by atoms with Crippen LogP contribution in [0.5, 0.6) is 11.5 Å². The van der Waals surface area contributed by atoms with Gasteiger partial charge in [0.25, 0.3) is 0 Å². The molecule has 0 aromatic heterocycles. The maximum atomic E-state index is 11.5. The van der Waals surface area contributed by atoms with Crippen LogP contribution in [0.15, 0.2) is 52.9 Å². The highest BCUT2D eigenvalue weighted by Gasteiger charge is 2.38. The molecule has 6 nitrogen and oxygen atoms in total. The number of anilines is 1. The molecule has 3 N–H and O–H groups in total. The molecular weight excluding hydrogens is 340 g/mol. The van der Waals surface area contributed by atoms with Gasteiger partial charge in [-0.15, -0.1) is 0 Å². The normalized spacial score (nSPS) is 21.8. The van der Waals surface area contributed by atoms with Gasteiger partial charge in [-0.2, -0.15) is 0 Å². The number of hydrogen-bond donors (Lipinski definition) is 2. The van der Waals surface area contributed by atoms with E-state index in [2.05, 4.69) is 11.4 Å². The Bertz CT molecular complexity index is 984. The van der Waals surface area contributed by atoms with Crippen molar-refractivity contribution in [3.05, 3.63) is 53.6 Å². The van der Waals surface area contributed by atoms with Gasteiger partial charge in [0, 0.05) is 18.3 Å². The summed E-state index contributed by atoms with van der Waals surface area (Å²) in [5, 5.41) is 8.55. The molecule has 0 fully saturated rings. The average Bonchev–Trinajstić information content (AvgIpc) is 2.60. The first-order valence-corrected chi connectivity index (χ1v) is 9.42. The minimum absolute atomic E-state index is 0.00549. The van der Waals surface area contributed by atoms with Gasteiger partial charge in [0.15, 0.2) is 17.1 Å². The summed E-state index contributed by atoms with van der Waals surface area (Å²) in [6.45, 7) is 2.90. The number of primary sulfonamides is 1. The Hall–Kier alpha value is -2.51. The Kier molecular flexibility index (Phi) is 3.52. The van der Waals surface area contributed by atoms with Crippen LogP contribution in [0.2, 0.25) is 0 Å². The monoisotopic (exact) mass is 358 g/mol. The molecule has 0 amide bonds. The van der Waals surface area contributed by atoms with Crippen molar-refractivity contribution < 1.29 is 17.9 Å². The molecule has 25 heavy (non-hydrogen) atoms. The topological polar surface area (TPSA) is 90.6 Å². The van der Waals surface area contributed by atoms with Crippen LogP contribution in [0.4, 0.5) is 5.69 Å². The lowest BCUT2D eigenvalue weighted by molar-refractivity contribution is 0.0351. The van der Waals surface area contributed by atoms with Gasteiger partial charge in [0.2, 0.25) is 10.0 Å². The Labute approximate surface area is 146 Å². The zero-order valence-corrected chi connectivity index (χ0v) is 14.5. The van der Waals surface area contributed by atoms with Crippen molar-refractivity contribution in [1.29, 1.82) is 0 Å². The molecule has 0 aliphatic carbocycles. The Morgan fingerprint density at radius 3 is 2.76 bits per heavy atom. The van der Waals surface area contributed by atoms with Crippen LogP contribution in [-0.4, -0.2) is 27.2 Å². The Morgan fingerprint density at radius 2 is 1.96 bits per heavy atom. The number of fused-ring (bicyclic) bond motifs is 2. The summed E-state index contributed by atoms with van der Waals surface area (Å²) in [6.07, 6.45) is 2.11. The molecule has 0 saturated heterocycles. The summed E-state index contributed by atoms with van der Waals surface area (Å²) in [7, 11) is -3.78. The van der Waals surface area contributed by atoms with E-state index in [4.69, 9.17) is 14.6 Å². The van der Waals surface area contributed by atoms with E-state index in [-0.39, 0.29) is 11.5 Å². The van der Waals surface area contributed by atoms with E-state index in [1.54, 1.807) is 6.07 Å². The van der Waals surface area contributed by atoms with Gasteiger partial charge in [-0.1, -0.05) is 18.2 Å². The lowest BCUT2D eigenvalue weighted by atomic mass is 9.90. The maximum Gasteiger partial charge on any atom is 0.238 e. The van der Waals surface area contributed by atoms with Crippen molar-refractivity contribution >= 4 is 21.8 Å². The van der Waals surface area contributed by atoms with Crippen molar-refractivity contribution in [2.45, 2.75) is 17.4 Å². The predicted octanol–water partition coefficient (Wildman–Crippen LogP) is 2.37. The van der Waals surface area contributed by atoms with E-state index in [0.717, 1.165) is 16.8 Å². The van der Waals surface area contributed by atoms with E-state index in [0.29, 0.717) is 18.0 Å². The lowest BCUT2D eigenvalue weighted by Gasteiger charge is -2.39. The van der Waals surface area contributed by atoms with E-state index in [1.165, 1.54) is 12.1 Å². The van der Waals surface area contributed by atoms with Gasteiger partial charge in [0.1, 0.15) is 6.61 Å². The lowest BCUT2D eigenvalue weighted by Crippen LogP contribution is -2.46. The largest absolute Gasteiger partial charge is 0.485 e. The van der Waals surface area contributed by atoms with Gasteiger partial charge in [-0.05, 0) is 42.3 Å². The molecule has 130 valence electrons. The highest BCUT2D eigenvalue weighted by Crippen LogP contribution is 2.40. The zero-order valence-electron chi connectivity index (χ0n) is 13.7. The number of sulfonamides is 1. The van der Waals surface area contributed by atoms with E-state index < -0.39 is 15.6 Å². The fraction of sp³-hybridized carbons (Fsp3) is 0.222. The second-order valence-corrected chi connectivity index (χ2v) is 7.95. The number of rotatable bonds is 2. The minimum atomic E-state index is -3.78. The SMILES string of the molecule is CC1(C2=Cc3ccccc3NC2)COc2cc(S(N)(=O)=O)ccc2O1. The molecule has 2 aromatic rings. The van der Waals surface area contributed by atoms with Crippen molar-refractivity contribution in [2.75, 3.05) is 18.5 Å². The number of nitrogens with two attached hydrogens (primary N) is 1. The van der Waals surface area contributed by atoms with Crippen LogP contribution in [0, 0.1) is 0 Å². The van der Waals surface area contributed by atoms with Gasteiger partial charge >= 0.3 is 0 Å². The first kappa shape index (κ1) is 16.0. The van der Waals surface area contributed by atoms with Crippen LogP contribution in [0.3, 0.4) is 0 Å². The van der Waals surface area contributed by atoms with Gasteiger partial charge in [0.05, 0.1) is 4.90 Å². The summed E-state index contributed by atoms with van der Waals surface area (Å²) >= 11 is 0. The van der Waals surface area contributed by atoms with Crippen LogP contribution < -0.4 is 19.9 Å². The van der Waals surface area contributed by atoms with E-state index >= 15 is 0 Å². The highest BCUT2D eigenvalue weighted by molar-refractivity contribution is 7.89. The molecule has 0 radical (unpaired) electrons. The standard InChI is InChI=1S/C18H18N2O4S/c1-18(13-8-12-4-2-3-5-15(12)20-10-13)11-23-17-9-14(25(19,21)22)6-7-16(17)24-18/h2-9,20H,10-11H2,1H3,(H2,19,21,22). The smallest absolute Gasteiger partial charge is 0.238 e. The van der Waals surface area contributed by atoms with Crippen LogP contribution in [0.25, 0.3) is 6.08 Å². The highest BCUT2D eigenvalue weighted by atomic mass is 32.2. The molecule has 0 spiro atoms.